The van der Waals surface area contributed by atoms with Gasteiger partial charge in [-0.25, -0.2) is 0 Å². The predicted octanol–water partition coefficient (Wildman–Crippen LogP) is 1.70. The molecule has 18 heavy (non-hydrogen) atoms. The summed E-state index contributed by atoms with van der Waals surface area (Å²) in [6.07, 6.45) is 7.93. The fourth-order valence-corrected chi connectivity index (χ4v) is 2.10. The molecule has 0 saturated carbocycles. The highest BCUT2D eigenvalue weighted by Gasteiger charge is 2.14. The minimum Gasteiger partial charge on any atom is -0.273 e. The molecule has 2 rings (SSSR count). The fourth-order valence-electron chi connectivity index (χ4n) is 1.85. The van der Waals surface area contributed by atoms with Crippen molar-refractivity contribution in [1.82, 2.24) is 20.2 Å². The van der Waals surface area contributed by atoms with Crippen LogP contribution in [0.1, 0.15) is 24.1 Å². The highest BCUT2D eigenvalue weighted by atomic mass is 35.5. The van der Waals surface area contributed by atoms with E-state index in [-0.39, 0.29) is 6.04 Å². The molecular formula is C12H16ClN5. The first kappa shape index (κ1) is 13.0. The molecule has 2 aromatic rings. The number of pyridine rings is 1. The van der Waals surface area contributed by atoms with Crippen LogP contribution in [0.4, 0.5) is 0 Å². The lowest BCUT2D eigenvalue weighted by atomic mass is 10.0. The van der Waals surface area contributed by atoms with E-state index in [0.29, 0.717) is 5.02 Å². The number of nitrogens with two attached hydrogens (primary N) is 1. The molecule has 0 aromatic carbocycles. The average Bonchev–Trinajstić information content (AvgIpc) is 2.85. The van der Waals surface area contributed by atoms with Crippen LogP contribution >= 0.6 is 11.6 Å². The minimum absolute atomic E-state index is 0.0463. The number of aryl methyl sites for hydroxylation is 1. The summed E-state index contributed by atoms with van der Waals surface area (Å²) in [4.78, 5) is 3.97. The Kier molecular flexibility index (Phi) is 4.30. The number of nitrogens with zero attached hydrogens (tertiary/aromatic N) is 3. The second-order valence-corrected chi connectivity index (χ2v) is 4.43. The van der Waals surface area contributed by atoms with Gasteiger partial charge in [-0.05, 0) is 30.5 Å². The number of hydrazine groups is 1. The maximum atomic E-state index is 6.12. The maximum absolute atomic E-state index is 6.12. The van der Waals surface area contributed by atoms with Crippen LogP contribution in [0.25, 0.3) is 0 Å². The van der Waals surface area contributed by atoms with Crippen molar-refractivity contribution in [2.45, 2.75) is 25.9 Å². The summed E-state index contributed by atoms with van der Waals surface area (Å²) in [5.74, 6) is 5.60. The normalized spacial score (nSPS) is 12.6. The Labute approximate surface area is 111 Å². The Morgan fingerprint density at radius 2 is 2.33 bits per heavy atom. The molecule has 5 nitrogen and oxygen atoms in total. The first-order valence-corrected chi connectivity index (χ1v) is 6.19. The van der Waals surface area contributed by atoms with E-state index in [2.05, 4.69) is 22.4 Å². The molecule has 0 spiro atoms. The van der Waals surface area contributed by atoms with Gasteiger partial charge >= 0.3 is 0 Å². The van der Waals surface area contributed by atoms with Gasteiger partial charge in [-0.2, -0.15) is 5.10 Å². The van der Waals surface area contributed by atoms with Gasteiger partial charge in [0.05, 0.1) is 17.3 Å². The zero-order chi connectivity index (χ0) is 13.0. The number of hydrogen-bond acceptors (Lipinski definition) is 4. The Bertz CT molecular complexity index is 511. The standard InChI is InChI=1S/C12H16ClN5/c1-2-18-8-9(6-16-18)5-12(17-14)10-3-4-15-7-11(10)13/h3-4,6-8,12,17H,2,5,14H2,1H3. The first-order chi connectivity index (χ1) is 8.74. The molecule has 0 aliphatic carbocycles. The van der Waals surface area contributed by atoms with E-state index >= 15 is 0 Å². The number of nitrogens with one attached hydrogen (secondary N) is 1. The summed E-state index contributed by atoms with van der Waals surface area (Å²) in [5.41, 5.74) is 4.85. The van der Waals surface area contributed by atoms with Crippen molar-refractivity contribution in [3.05, 3.63) is 47.0 Å². The molecule has 3 N–H and O–H groups in total. The van der Waals surface area contributed by atoms with Crippen LogP contribution in [0.3, 0.4) is 0 Å². The van der Waals surface area contributed by atoms with E-state index in [4.69, 9.17) is 17.4 Å². The van der Waals surface area contributed by atoms with Crippen LogP contribution in [0.2, 0.25) is 5.02 Å². The largest absolute Gasteiger partial charge is 0.273 e. The number of rotatable bonds is 5. The zero-order valence-electron chi connectivity index (χ0n) is 10.2. The molecule has 0 bridgehead atoms. The van der Waals surface area contributed by atoms with Gasteiger partial charge in [0.25, 0.3) is 0 Å². The molecule has 0 saturated heterocycles. The SMILES string of the molecule is CCn1cc(CC(NN)c2ccncc2Cl)cn1. The lowest BCUT2D eigenvalue weighted by Gasteiger charge is -2.16. The lowest BCUT2D eigenvalue weighted by molar-refractivity contribution is 0.551. The van der Waals surface area contributed by atoms with E-state index in [1.807, 2.05) is 23.1 Å². The van der Waals surface area contributed by atoms with Crippen LogP contribution < -0.4 is 11.3 Å². The Morgan fingerprint density at radius 1 is 1.50 bits per heavy atom. The molecule has 96 valence electrons. The molecule has 0 aliphatic rings. The third-order valence-corrected chi connectivity index (χ3v) is 3.15. The molecular weight excluding hydrogens is 250 g/mol. The molecule has 2 heterocycles. The topological polar surface area (TPSA) is 68.8 Å². The van der Waals surface area contributed by atoms with E-state index in [9.17, 15) is 0 Å². The quantitative estimate of drug-likeness (QED) is 0.638. The van der Waals surface area contributed by atoms with E-state index in [0.717, 1.165) is 24.1 Å². The van der Waals surface area contributed by atoms with E-state index in [1.165, 1.54) is 0 Å². The molecule has 0 fully saturated rings. The molecule has 0 aliphatic heterocycles. The minimum atomic E-state index is -0.0463. The second-order valence-electron chi connectivity index (χ2n) is 4.02. The van der Waals surface area contributed by atoms with Gasteiger partial charge < -0.3 is 0 Å². The summed E-state index contributed by atoms with van der Waals surface area (Å²) >= 11 is 6.12. The van der Waals surface area contributed by atoms with Crippen molar-refractivity contribution in [2.24, 2.45) is 5.84 Å². The van der Waals surface area contributed by atoms with Crippen LogP contribution in [-0.2, 0) is 13.0 Å². The highest BCUT2D eigenvalue weighted by molar-refractivity contribution is 6.31. The summed E-state index contributed by atoms with van der Waals surface area (Å²) in [6.45, 7) is 2.91. The lowest BCUT2D eigenvalue weighted by Crippen LogP contribution is -2.29. The molecule has 1 atom stereocenters. The van der Waals surface area contributed by atoms with Crippen molar-refractivity contribution in [3.8, 4) is 0 Å². The van der Waals surface area contributed by atoms with Crippen LogP contribution in [0.5, 0.6) is 0 Å². The van der Waals surface area contributed by atoms with Gasteiger partial charge in [0, 0.05) is 25.1 Å². The van der Waals surface area contributed by atoms with E-state index in [1.54, 1.807) is 12.4 Å². The van der Waals surface area contributed by atoms with Crippen LogP contribution in [-0.4, -0.2) is 14.8 Å². The summed E-state index contributed by atoms with van der Waals surface area (Å²) in [6, 6.07) is 1.83. The predicted molar refractivity (Wildman–Crippen MR) is 70.9 cm³/mol. The van der Waals surface area contributed by atoms with Crippen LogP contribution in [0.15, 0.2) is 30.9 Å². The van der Waals surface area contributed by atoms with Gasteiger partial charge in [0.2, 0.25) is 0 Å². The fraction of sp³-hybridized carbons (Fsp3) is 0.333. The Balaban J connectivity index is 2.17. The average molecular weight is 266 g/mol. The molecule has 0 radical (unpaired) electrons. The molecule has 0 amide bonds. The van der Waals surface area contributed by atoms with Gasteiger partial charge in [-0.15, -0.1) is 0 Å². The first-order valence-electron chi connectivity index (χ1n) is 5.81. The molecule has 2 aromatic heterocycles. The van der Waals surface area contributed by atoms with Gasteiger partial charge in [0.1, 0.15) is 0 Å². The van der Waals surface area contributed by atoms with Gasteiger partial charge in [-0.1, -0.05) is 11.6 Å². The monoisotopic (exact) mass is 265 g/mol. The van der Waals surface area contributed by atoms with Crippen molar-refractivity contribution < 1.29 is 0 Å². The highest BCUT2D eigenvalue weighted by Crippen LogP contribution is 2.24. The van der Waals surface area contributed by atoms with Crippen molar-refractivity contribution in [3.63, 3.8) is 0 Å². The van der Waals surface area contributed by atoms with Crippen molar-refractivity contribution >= 4 is 11.6 Å². The summed E-state index contributed by atoms with van der Waals surface area (Å²) in [7, 11) is 0. The van der Waals surface area contributed by atoms with Gasteiger partial charge in [0.15, 0.2) is 0 Å². The maximum Gasteiger partial charge on any atom is 0.0637 e. The zero-order valence-corrected chi connectivity index (χ0v) is 10.9. The smallest absolute Gasteiger partial charge is 0.0637 e. The summed E-state index contributed by atoms with van der Waals surface area (Å²) in [5, 5.41) is 4.86. The molecule has 1 unspecified atom stereocenters. The summed E-state index contributed by atoms with van der Waals surface area (Å²) < 4.78 is 1.89. The molecule has 6 heteroatoms. The van der Waals surface area contributed by atoms with Crippen molar-refractivity contribution in [2.75, 3.05) is 0 Å². The number of hydrogen-bond donors (Lipinski definition) is 2. The van der Waals surface area contributed by atoms with Crippen molar-refractivity contribution in [1.29, 1.82) is 0 Å². The van der Waals surface area contributed by atoms with Crippen LogP contribution in [0, 0.1) is 0 Å². The van der Waals surface area contributed by atoms with E-state index < -0.39 is 0 Å². The second kappa shape index (κ2) is 5.95. The Morgan fingerprint density at radius 3 is 2.94 bits per heavy atom. The third-order valence-electron chi connectivity index (χ3n) is 2.83. The van der Waals surface area contributed by atoms with Gasteiger partial charge in [-0.3, -0.25) is 20.9 Å². The third kappa shape index (κ3) is 2.87. The Hall–Kier alpha value is -1.43. The number of aromatic nitrogens is 3. The number of halogens is 1.